The van der Waals surface area contributed by atoms with E-state index in [-0.39, 0.29) is 11.9 Å². The maximum Gasteiger partial charge on any atom is 0.244 e. The van der Waals surface area contributed by atoms with Crippen molar-refractivity contribution in [3.63, 3.8) is 0 Å². The molecule has 154 valence electrons. The number of carbonyl (C=O) groups is 1. The van der Waals surface area contributed by atoms with Crippen molar-refractivity contribution in [3.05, 3.63) is 77.9 Å². The van der Waals surface area contributed by atoms with Gasteiger partial charge in [-0.1, -0.05) is 48.6 Å². The summed E-state index contributed by atoms with van der Waals surface area (Å²) in [6.07, 6.45) is 4.96. The van der Waals surface area contributed by atoms with Gasteiger partial charge in [0.25, 0.3) is 0 Å². The lowest BCUT2D eigenvalue weighted by atomic mass is 10.0. The summed E-state index contributed by atoms with van der Waals surface area (Å²) in [5.74, 6) is 1.11. The largest absolute Gasteiger partial charge is 0.493 e. The van der Waals surface area contributed by atoms with E-state index < -0.39 is 0 Å². The Morgan fingerprint density at radius 2 is 1.90 bits per heavy atom. The van der Waals surface area contributed by atoms with Crippen molar-refractivity contribution in [1.29, 1.82) is 0 Å². The molecule has 0 aliphatic heterocycles. The Morgan fingerprint density at radius 1 is 1.17 bits per heavy atom. The highest BCUT2D eigenvalue weighted by atomic mass is 16.5. The second-order valence-corrected chi connectivity index (χ2v) is 6.98. The van der Waals surface area contributed by atoms with Crippen LogP contribution < -0.4 is 14.8 Å². The molecule has 2 aromatic carbocycles. The summed E-state index contributed by atoms with van der Waals surface area (Å²) >= 11 is 0. The van der Waals surface area contributed by atoms with E-state index in [0.717, 1.165) is 5.56 Å². The van der Waals surface area contributed by atoms with Crippen molar-refractivity contribution in [2.75, 3.05) is 34.4 Å². The SMILES string of the molecule is C=CCOc1ccc(/C=C/C(=O)NCC(c2ccc(C)cc2)N(C)C)cc1OC. The molecule has 1 unspecified atom stereocenters. The third-order valence-electron chi connectivity index (χ3n) is 4.53. The van der Waals surface area contributed by atoms with Gasteiger partial charge in [-0.2, -0.15) is 0 Å². The first-order valence-corrected chi connectivity index (χ1v) is 9.55. The molecule has 2 aromatic rings. The van der Waals surface area contributed by atoms with Crippen LogP contribution in [0.25, 0.3) is 6.08 Å². The van der Waals surface area contributed by atoms with Crippen LogP contribution >= 0.6 is 0 Å². The van der Waals surface area contributed by atoms with Crippen LogP contribution in [0.2, 0.25) is 0 Å². The first-order valence-electron chi connectivity index (χ1n) is 9.55. The summed E-state index contributed by atoms with van der Waals surface area (Å²) in [6.45, 7) is 6.63. The van der Waals surface area contributed by atoms with E-state index in [9.17, 15) is 4.79 Å². The minimum atomic E-state index is -0.144. The molecule has 0 aromatic heterocycles. The minimum Gasteiger partial charge on any atom is -0.493 e. The van der Waals surface area contributed by atoms with E-state index in [2.05, 4.69) is 48.0 Å². The van der Waals surface area contributed by atoms with E-state index in [1.807, 2.05) is 32.3 Å². The first kappa shape index (κ1) is 22.2. The van der Waals surface area contributed by atoms with Crippen molar-refractivity contribution in [1.82, 2.24) is 10.2 Å². The van der Waals surface area contributed by atoms with Crippen molar-refractivity contribution in [2.45, 2.75) is 13.0 Å². The zero-order valence-corrected chi connectivity index (χ0v) is 17.6. The van der Waals surface area contributed by atoms with Crippen LogP contribution in [0, 0.1) is 6.92 Å². The molecule has 0 saturated heterocycles. The minimum absolute atomic E-state index is 0.106. The quantitative estimate of drug-likeness (QED) is 0.489. The van der Waals surface area contributed by atoms with Crippen LogP contribution in [0.1, 0.15) is 22.7 Å². The van der Waals surface area contributed by atoms with Gasteiger partial charge in [-0.25, -0.2) is 0 Å². The second kappa shape index (κ2) is 11.1. The fraction of sp³-hybridized carbons (Fsp3) is 0.292. The van der Waals surface area contributed by atoms with Crippen molar-refractivity contribution < 1.29 is 14.3 Å². The fourth-order valence-corrected chi connectivity index (χ4v) is 2.87. The van der Waals surface area contributed by atoms with Crippen LogP contribution in [-0.2, 0) is 4.79 Å². The molecule has 0 saturated carbocycles. The van der Waals surface area contributed by atoms with Crippen LogP contribution in [0.15, 0.2) is 61.2 Å². The number of hydrogen-bond acceptors (Lipinski definition) is 4. The smallest absolute Gasteiger partial charge is 0.244 e. The van der Waals surface area contributed by atoms with Gasteiger partial charge in [0.1, 0.15) is 6.61 Å². The van der Waals surface area contributed by atoms with Gasteiger partial charge in [0, 0.05) is 12.6 Å². The summed E-state index contributed by atoms with van der Waals surface area (Å²) in [5.41, 5.74) is 3.24. The van der Waals surface area contributed by atoms with Crippen molar-refractivity contribution in [3.8, 4) is 11.5 Å². The average Bonchev–Trinajstić information content (AvgIpc) is 2.72. The first-order chi connectivity index (χ1) is 13.9. The van der Waals surface area contributed by atoms with Gasteiger partial charge in [-0.3, -0.25) is 4.79 Å². The van der Waals surface area contributed by atoms with Crippen LogP contribution in [0.4, 0.5) is 0 Å². The molecular weight excluding hydrogens is 364 g/mol. The van der Waals surface area contributed by atoms with Gasteiger partial charge in [0.15, 0.2) is 11.5 Å². The Hall–Kier alpha value is -3.05. The molecule has 2 rings (SSSR count). The van der Waals surface area contributed by atoms with E-state index in [0.29, 0.717) is 24.7 Å². The molecule has 1 N–H and O–H groups in total. The number of amides is 1. The Labute approximate surface area is 173 Å². The average molecular weight is 395 g/mol. The number of nitrogens with zero attached hydrogens (tertiary/aromatic N) is 1. The van der Waals surface area contributed by atoms with E-state index in [4.69, 9.17) is 9.47 Å². The molecule has 5 heteroatoms. The summed E-state index contributed by atoms with van der Waals surface area (Å²) < 4.78 is 10.9. The molecule has 0 bridgehead atoms. The third-order valence-corrected chi connectivity index (χ3v) is 4.53. The lowest BCUT2D eigenvalue weighted by Crippen LogP contribution is -2.33. The summed E-state index contributed by atoms with van der Waals surface area (Å²) in [6, 6.07) is 14.0. The van der Waals surface area contributed by atoms with E-state index >= 15 is 0 Å². The number of hydrogen-bond donors (Lipinski definition) is 1. The number of methoxy groups -OCH3 is 1. The number of rotatable bonds is 10. The number of likely N-dealkylation sites (N-methyl/N-ethyl adjacent to an activating group) is 1. The van der Waals surface area contributed by atoms with Crippen LogP contribution in [0.3, 0.4) is 0 Å². The number of carbonyl (C=O) groups excluding carboxylic acids is 1. The van der Waals surface area contributed by atoms with Gasteiger partial charge in [0.05, 0.1) is 13.2 Å². The molecule has 5 nitrogen and oxygen atoms in total. The fourth-order valence-electron chi connectivity index (χ4n) is 2.87. The maximum atomic E-state index is 12.3. The van der Waals surface area contributed by atoms with Gasteiger partial charge >= 0.3 is 0 Å². The predicted octanol–water partition coefficient (Wildman–Crippen LogP) is 4.00. The number of nitrogens with one attached hydrogen (secondary N) is 1. The van der Waals surface area contributed by atoms with E-state index in [1.165, 1.54) is 17.2 Å². The highest BCUT2D eigenvalue weighted by molar-refractivity contribution is 5.91. The Morgan fingerprint density at radius 3 is 2.52 bits per heavy atom. The predicted molar refractivity (Wildman–Crippen MR) is 118 cm³/mol. The molecule has 1 atom stereocenters. The monoisotopic (exact) mass is 394 g/mol. The highest BCUT2D eigenvalue weighted by Gasteiger charge is 2.14. The lowest BCUT2D eigenvalue weighted by molar-refractivity contribution is -0.116. The van der Waals surface area contributed by atoms with Gasteiger partial charge in [-0.05, 0) is 50.4 Å². The van der Waals surface area contributed by atoms with Gasteiger partial charge < -0.3 is 19.7 Å². The van der Waals surface area contributed by atoms with Crippen molar-refractivity contribution >= 4 is 12.0 Å². The number of benzene rings is 2. The molecule has 0 aliphatic carbocycles. The maximum absolute atomic E-state index is 12.3. The van der Waals surface area contributed by atoms with Crippen molar-refractivity contribution in [2.24, 2.45) is 0 Å². The molecule has 29 heavy (non-hydrogen) atoms. The zero-order chi connectivity index (χ0) is 21.2. The topological polar surface area (TPSA) is 50.8 Å². The molecule has 0 heterocycles. The summed E-state index contributed by atoms with van der Waals surface area (Å²) in [5, 5.41) is 2.98. The lowest BCUT2D eigenvalue weighted by Gasteiger charge is -2.25. The molecular formula is C24H30N2O3. The Bertz CT molecular complexity index is 842. The second-order valence-electron chi connectivity index (χ2n) is 6.98. The highest BCUT2D eigenvalue weighted by Crippen LogP contribution is 2.28. The number of ether oxygens (including phenoxy) is 2. The zero-order valence-electron chi connectivity index (χ0n) is 17.6. The van der Waals surface area contributed by atoms with E-state index in [1.54, 1.807) is 19.3 Å². The Kier molecular flexibility index (Phi) is 8.49. The third kappa shape index (κ3) is 6.80. The van der Waals surface area contributed by atoms with Gasteiger partial charge in [-0.15, -0.1) is 0 Å². The van der Waals surface area contributed by atoms with Crippen LogP contribution in [-0.4, -0.2) is 45.2 Å². The molecule has 1 amide bonds. The van der Waals surface area contributed by atoms with Gasteiger partial charge in [0.2, 0.25) is 5.91 Å². The summed E-state index contributed by atoms with van der Waals surface area (Å²) in [4.78, 5) is 14.4. The van der Waals surface area contributed by atoms with Crippen LogP contribution in [0.5, 0.6) is 11.5 Å². The molecule has 0 radical (unpaired) electrons. The normalized spacial score (nSPS) is 12.0. The Balaban J connectivity index is 1.99. The molecule has 0 spiro atoms. The molecule has 0 fully saturated rings. The number of aryl methyl sites for hydroxylation is 1. The molecule has 0 aliphatic rings. The summed E-state index contributed by atoms with van der Waals surface area (Å²) in [7, 11) is 5.60. The standard InChI is InChI=1S/C24H30N2O3/c1-6-15-29-22-13-9-19(16-23(22)28-5)10-14-24(27)25-17-21(26(3)4)20-11-7-18(2)8-12-20/h6-14,16,21H,1,15,17H2,2-5H3,(H,25,27)/b14-10+.